The monoisotopic (exact) mass is 292 g/mol. The molecule has 1 saturated carbocycles. The minimum atomic E-state index is -3.44. The molecule has 0 aliphatic heterocycles. The average Bonchev–Trinajstić information content (AvgIpc) is 2.22. The van der Waals surface area contributed by atoms with Gasteiger partial charge in [0.15, 0.2) is 0 Å². The fraction of sp³-hybridized carbons (Fsp3) is 0.917. The fourth-order valence-electron chi connectivity index (χ4n) is 2.71. The van der Waals surface area contributed by atoms with Crippen molar-refractivity contribution in [1.82, 2.24) is 4.72 Å². The molecule has 4 atom stereocenters. The van der Waals surface area contributed by atoms with E-state index in [9.17, 15) is 8.42 Å². The molecule has 106 valence electrons. The lowest BCUT2D eigenvalue weighted by Gasteiger charge is -2.33. The molecule has 0 bridgehead atoms. The molecule has 4 unspecified atom stereocenters. The molecular formula is C12H24N2O2S2. The highest BCUT2D eigenvalue weighted by Gasteiger charge is 2.33. The maximum absolute atomic E-state index is 12.2. The Morgan fingerprint density at radius 2 is 2.06 bits per heavy atom. The van der Waals surface area contributed by atoms with Gasteiger partial charge in [-0.15, -0.1) is 0 Å². The van der Waals surface area contributed by atoms with Gasteiger partial charge >= 0.3 is 0 Å². The number of hydrogen-bond acceptors (Lipinski definition) is 3. The second-order valence-corrected chi connectivity index (χ2v) is 7.83. The number of sulfonamides is 1. The first-order chi connectivity index (χ1) is 8.27. The normalized spacial score (nSPS) is 30.9. The molecule has 0 aromatic rings. The molecule has 0 radical (unpaired) electrons. The van der Waals surface area contributed by atoms with Crippen LogP contribution in [-0.4, -0.2) is 24.7 Å². The van der Waals surface area contributed by atoms with Gasteiger partial charge in [0.25, 0.3) is 0 Å². The molecular weight excluding hydrogens is 268 g/mol. The highest BCUT2D eigenvalue weighted by atomic mass is 32.2. The Kier molecular flexibility index (Phi) is 5.55. The third kappa shape index (κ3) is 3.90. The van der Waals surface area contributed by atoms with Crippen molar-refractivity contribution in [2.24, 2.45) is 17.6 Å². The maximum Gasteiger partial charge on any atom is 0.221 e. The van der Waals surface area contributed by atoms with Crippen molar-refractivity contribution >= 4 is 27.2 Å². The van der Waals surface area contributed by atoms with Gasteiger partial charge in [-0.25, -0.2) is 13.1 Å². The van der Waals surface area contributed by atoms with Crippen LogP contribution < -0.4 is 10.5 Å². The summed E-state index contributed by atoms with van der Waals surface area (Å²) in [5.74, 6) is 1.05. The number of rotatable bonds is 5. The topological polar surface area (TPSA) is 72.2 Å². The molecule has 0 saturated heterocycles. The Morgan fingerprint density at radius 1 is 1.44 bits per heavy atom. The molecule has 18 heavy (non-hydrogen) atoms. The Bertz CT molecular complexity index is 395. The molecule has 0 aromatic heterocycles. The predicted molar refractivity (Wildman–Crippen MR) is 78.9 cm³/mol. The molecule has 1 aliphatic rings. The van der Waals surface area contributed by atoms with Gasteiger partial charge < -0.3 is 5.73 Å². The van der Waals surface area contributed by atoms with E-state index in [1.54, 1.807) is 6.92 Å². The van der Waals surface area contributed by atoms with Crippen LogP contribution >= 0.6 is 12.2 Å². The van der Waals surface area contributed by atoms with Crippen LogP contribution in [0, 0.1) is 11.8 Å². The highest BCUT2D eigenvalue weighted by Crippen LogP contribution is 2.29. The maximum atomic E-state index is 12.2. The Labute approximate surface area is 116 Å². The molecule has 4 nitrogen and oxygen atoms in total. The summed E-state index contributed by atoms with van der Waals surface area (Å²) in [5, 5.41) is -0.751. The van der Waals surface area contributed by atoms with Crippen molar-refractivity contribution in [3.63, 3.8) is 0 Å². The largest absolute Gasteiger partial charge is 0.392 e. The van der Waals surface area contributed by atoms with Gasteiger partial charge in [-0.05, 0) is 37.5 Å². The van der Waals surface area contributed by atoms with E-state index in [1.807, 2.05) is 0 Å². The zero-order valence-corrected chi connectivity index (χ0v) is 13.0. The Hall–Kier alpha value is -0.200. The predicted octanol–water partition coefficient (Wildman–Crippen LogP) is 1.80. The van der Waals surface area contributed by atoms with Crippen molar-refractivity contribution in [1.29, 1.82) is 0 Å². The lowest BCUT2D eigenvalue weighted by Crippen LogP contribution is -2.49. The van der Waals surface area contributed by atoms with Crippen LogP contribution in [0.2, 0.25) is 0 Å². The number of hydrogen-bond donors (Lipinski definition) is 2. The van der Waals surface area contributed by atoms with Crippen LogP contribution in [0.15, 0.2) is 0 Å². The summed E-state index contributed by atoms with van der Waals surface area (Å²) in [5.41, 5.74) is 5.51. The number of nitrogens with one attached hydrogen (secondary N) is 1. The summed E-state index contributed by atoms with van der Waals surface area (Å²) < 4.78 is 27.2. The zero-order valence-electron chi connectivity index (χ0n) is 11.3. The quantitative estimate of drug-likeness (QED) is 0.758. The van der Waals surface area contributed by atoms with Gasteiger partial charge in [0.2, 0.25) is 10.0 Å². The first kappa shape index (κ1) is 15.9. The molecule has 0 spiro atoms. The van der Waals surface area contributed by atoms with E-state index in [2.05, 4.69) is 18.6 Å². The summed E-state index contributed by atoms with van der Waals surface area (Å²) in [6.07, 6.45) is 3.45. The van der Waals surface area contributed by atoms with Crippen molar-refractivity contribution in [3.05, 3.63) is 0 Å². The number of nitrogens with two attached hydrogens (primary N) is 1. The van der Waals surface area contributed by atoms with Crippen LogP contribution in [-0.2, 0) is 10.0 Å². The summed E-state index contributed by atoms with van der Waals surface area (Å²) in [4.78, 5) is 0.0573. The molecule has 1 aliphatic carbocycles. The molecule has 0 aromatic carbocycles. The summed E-state index contributed by atoms with van der Waals surface area (Å²) in [6, 6.07) is 0.0228. The Balaban J connectivity index is 2.74. The van der Waals surface area contributed by atoms with Gasteiger partial charge in [0.1, 0.15) is 5.25 Å². The first-order valence-corrected chi connectivity index (χ1v) is 8.53. The van der Waals surface area contributed by atoms with E-state index in [0.29, 0.717) is 18.3 Å². The molecule has 0 heterocycles. The number of thiocarbonyl (C=S) groups is 1. The molecule has 3 N–H and O–H groups in total. The standard InChI is InChI=1S/C12H24N2O2S2/c1-4-11(12(13)17)18(15,16)14-10-6-5-8(2)7-9(10)3/h8-11,14H,4-7H2,1-3H3,(H2,13,17). The third-order valence-electron chi connectivity index (χ3n) is 3.81. The zero-order chi connectivity index (χ0) is 13.9. The van der Waals surface area contributed by atoms with Crippen molar-refractivity contribution in [2.75, 3.05) is 0 Å². The van der Waals surface area contributed by atoms with E-state index in [4.69, 9.17) is 18.0 Å². The van der Waals surface area contributed by atoms with Crippen molar-refractivity contribution in [2.45, 2.75) is 57.7 Å². The highest BCUT2D eigenvalue weighted by molar-refractivity contribution is 7.93. The van der Waals surface area contributed by atoms with Gasteiger partial charge in [-0.2, -0.15) is 0 Å². The molecule has 1 fully saturated rings. The van der Waals surface area contributed by atoms with Gasteiger partial charge in [-0.3, -0.25) is 0 Å². The average molecular weight is 292 g/mol. The Morgan fingerprint density at radius 3 is 2.50 bits per heavy atom. The van der Waals surface area contributed by atoms with Crippen molar-refractivity contribution in [3.8, 4) is 0 Å². The van der Waals surface area contributed by atoms with Gasteiger partial charge in [0, 0.05) is 6.04 Å². The van der Waals surface area contributed by atoms with Crippen LogP contribution in [0.25, 0.3) is 0 Å². The summed E-state index contributed by atoms with van der Waals surface area (Å²) >= 11 is 4.84. The minimum Gasteiger partial charge on any atom is -0.392 e. The van der Waals surface area contributed by atoms with E-state index in [-0.39, 0.29) is 11.0 Å². The fourth-order valence-corrected chi connectivity index (χ4v) is 4.93. The summed E-state index contributed by atoms with van der Waals surface area (Å²) in [7, 11) is -3.44. The van der Waals surface area contributed by atoms with Crippen LogP contribution in [0.3, 0.4) is 0 Å². The van der Waals surface area contributed by atoms with E-state index in [0.717, 1.165) is 19.3 Å². The third-order valence-corrected chi connectivity index (χ3v) is 6.21. The van der Waals surface area contributed by atoms with Crippen LogP contribution in [0.4, 0.5) is 0 Å². The first-order valence-electron chi connectivity index (χ1n) is 6.58. The molecule has 0 amide bonds. The van der Waals surface area contributed by atoms with Crippen LogP contribution in [0.5, 0.6) is 0 Å². The minimum absolute atomic E-state index is 0.0228. The second-order valence-electron chi connectivity index (χ2n) is 5.46. The van der Waals surface area contributed by atoms with Crippen molar-refractivity contribution < 1.29 is 8.42 Å². The smallest absolute Gasteiger partial charge is 0.221 e. The van der Waals surface area contributed by atoms with E-state index < -0.39 is 15.3 Å². The lowest BCUT2D eigenvalue weighted by atomic mass is 9.80. The van der Waals surface area contributed by atoms with Crippen LogP contribution in [0.1, 0.15) is 46.5 Å². The SMILES string of the molecule is CCC(C(N)=S)S(=O)(=O)NC1CCC(C)CC1C. The van der Waals surface area contributed by atoms with E-state index in [1.165, 1.54) is 0 Å². The second kappa shape index (κ2) is 6.30. The lowest BCUT2D eigenvalue weighted by molar-refractivity contribution is 0.249. The van der Waals surface area contributed by atoms with Gasteiger partial charge in [-0.1, -0.05) is 33.0 Å². The molecule has 1 rings (SSSR count). The molecule has 6 heteroatoms. The van der Waals surface area contributed by atoms with E-state index >= 15 is 0 Å². The summed E-state index contributed by atoms with van der Waals surface area (Å²) in [6.45, 7) is 6.10. The van der Waals surface area contributed by atoms with Gasteiger partial charge in [0.05, 0.1) is 4.99 Å².